The maximum absolute atomic E-state index is 12.2. The number of rotatable bonds is 7. The zero-order valence-corrected chi connectivity index (χ0v) is 11.8. The van der Waals surface area contributed by atoms with Gasteiger partial charge in [-0.15, -0.1) is 0 Å². The molecule has 0 saturated carbocycles. The van der Waals surface area contributed by atoms with Gasteiger partial charge in [-0.25, -0.2) is 13.1 Å². The summed E-state index contributed by atoms with van der Waals surface area (Å²) in [7, 11) is -0.280. The molecule has 0 bridgehead atoms. The monoisotopic (exact) mass is 272 g/mol. The fraction of sp³-hybridized carbons (Fsp3) is 0.500. The molecular formula is C12H20N2O3S. The van der Waals surface area contributed by atoms with Crippen LogP contribution in [-0.2, 0) is 14.8 Å². The van der Waals surface area contributed by atoms with E-state index in [1.54, 1.807) is 38.4 Å². The van der Waals surface area contributed by atoms with E-state index < -0.39 is 10.0 Å². The number of nitrogens with one attached hydrogen (secondary N) is 2. The third-order valence-electron chi connectivity index (χ3n) is 2.63. The Morgan fingerprint density at radius 2 is 2.00 bits per heavy atom. The Labute approximate surface area is 109 Å². The Morgan fingerprint density at radius 3 is 2.56 bits per heavy atom. The van der Waals surface area contributed by atoms with Crippen molar-refractivity contribution in [2.24, 2.45) is 0 Å². The second-order valence-electron chi connectivity index (χ2n) is 3.93. The van der Waals surface area contributed by atoms with Crippen LogP contribution in [0.3, 0.4) is 0 Å². The molecule has 1 rings (SSSR count). The Bertz CT molecular complexity index is 474. The second kappa shape index (κ2) is 6.72. The molecule has 0 aliphatic rings. The van der Waals surface area contributed by atoms with Crippen LogP contribution in [0.1, 0.15) is 13.3 Å². The molecule has 0 aliphatic heterocycles. The minimum atomic E-state index is -3.53. The third-order valence-corrected chi connectivity index (χ3v) is 4.21. The van der Waals surface area contributed by atoms with E-state index in [0.29, 0.717) is 18.7 Å². The summed E-state index contributed by atoms with van der Waals surface area (Å²) in [4.78, 5) is 0.252. The molecule has 0 radical (unpaired) electrons. The lowest BCUT2D eigenvalue weighted by molar-refractivity contribution is 0.173. The summed E-state index contributed by atoms with van der Waals surface area (Å²) >= 11 is 0. The highest BCUT2D eigenvalue weighted by atomic mass is 32.2. The highest BCUT2D eigenvalue weighted by molar-refractivity contribution is 7.89. The van der Waals surface area contributed by atoms with Gasteiger partial charge in [0.1, 0.15) is 4.90 Å². The first-order valence-electron chi connectivity index (χ1n) is 5.83. The van der Waals surface area contributed by atoms with Gasteiger partial charge in [0.2, 0.25) is 10.0 Å². The normalized spacial score (nSPS) is 13.3. The molecule has 1 atom stereocenters. The summed E-state index contributed by atoms with van der Waals surface area (Å²) in [6.45, 7) is 2.27. The van der Waals surface area contributed by atoms with Crippen molar-refractivity contribution in [3.05, 3.63) is 24.3 Å². The van der Waals surface area contributed by atoms with Gasteiger partial charge in [0.15, 0.2) is 0 Å². The molecule has 18 heavy (non-hydrogen) atoms. The van der Waals surface area contributed by atoms with Crippen molar-refractivity contribution in [3.63, 3.8) is 0 Å². The van der Waals surface area contributed by atoms with Crippen LogP contribution in [0.25, 0.3) is 0 Å². The Morgan fingerprint density at radius 1 is 1.33 bits per heavy atom. The molecule has 0 fully saturated rings. The lowest BCUT2D eigenvalue weighted by Gasteiger charge is -2.17. The minimum absolute atomic E-state index is 0.218. The summed E-state index contributed by atoms with van der Waals surface area (Å²) < 4.78 is 32.1. The van der Waals surface area contributed by atoms with Crippen molar-refractivity contribution in [2.75, 3.05) is 26.1 Å². The molecule has 1 aromatic rings. The number of para-hydroxylation sites is 1. The highest BCUT2D eigenvalue weighted by Gasteiger charge is 2.21. The predicted octanol–water partition coefficient (Wildman–Crippen LogP) is 1.43. The topological polar surface area (TPSA) is 67.4 Å². The van der Waals surface area contributed by atoms with Crippen LogP contribution < -0.4 is 10.0 Å². The van der Waals surface area contributed by atoms with E-state index in [4.69, 9.17) is 4.74 Å². The van der Waals surface area contributed by atoms with E-state index >= 15 is 0 Å². The van der Waals surface area contributed by atoms with E-state index in [-0.39, 0.29) is 10.9 Å². The van der Waals surface area contributed by atoms with E-state index in [1.807, 2.05) is 6.92 Å². The summed E-state index contributed by atoms with van der Waals surface area (Å²) in [6.07, 6.45) is 0.675. The largest absolute Gasteiger partial charge is 0.387 e. The van der Waals surface area contributed by atoms with Crippen molar-refractivity contribution in [1.29, 1.82) is 0 Å². The fourth-order valence-corrected chi connectivity index (χ4v) is 3.14. The molecule has 0 spiro atoms. The van der Waals surface area contributed by atoms with Crippen molar-refractivity contribution >= 4 is 15.7 Å². The van der Waals surface area contributed by atoms with Crippen LogP contribution in [0.15, 0.2) is 29.2 Å². The number of ether oxygens (including phenoxy) is 1. The summed E-state index contributed by atoms with van der Waals surface area (Å²) in [6, 6.07) is 6.58. The molecule has 0 aliphatic carbocycles. The lowest BCUT2D eigenvalue weighted by atomic mass is 10.3. The van der Waals surface area contributed by atoms with Gasteiger partial charge in [0, 0.05) is 20.2 Å². The van der Waals surface area contributed by atoms with E-state index in [9.17, 15) is 8.42 Å². The number of anilines is 1. The van der Waals surface area contributed by atoms with E-state index in [2.05, 4.69) is 10.0 Å². The third kappa shape index (κ3) is 3.69. The van der Waals surface area contributed by atoms with Gasteiger partial charge in [-0.3, -0.25) is 0 Å². The zero-order chi connectivity index (χ0) is 13.6. The number of hydrogen-bond donors (Lipinski definition) is 2. The Balaban J connectivity index is 2.98. The molecular weight excluding hydrogens is 252 g/mol. The molecule has 0 aromatic heterocycles. The molecule has 0 saturated heterocycles. The maximum atomic E-state index is 12.2. The van der Waals surface area contributed by atoms with Crippen LogP contribution in [0.5, 0.6) is 0 Å². The van der Waals surface area contributed by atoms with Crippen molar-refractivity contribution < 1.29 is 13.2 Å². The standard InChI is InChI=1S/C12H20N2O3S/c1-4-10(9-17-3)14-18(15,16)12-8-6-5-7-11(12)13-2/h5-8,10,13-14H,4,9H2,1-3H3. The number of hydrogen-bond acceptors (Lipinski definition) is 4. The van der Waals surface area contributed by atoms with E-state index in [1.165, 1.54) is 0 Å². The number of methoxy groups -OCH3 is 1. The number of sulfonamides is 1. The van der Waals surface area contributed by atoms with Gasteiger partial charge in [0.05, 0.1) is 12.3 Å². The second-order valence-corrected chi connectivity index (χ2v) is 5.61. The summed E-state index contributed by atoms with van der Waals surface area (Å²) in [5.74, 6) is 0. The maximum Gasteiger partial charge on any atom is 0.242 e. The average Bonchev–Trinajstić information content (AvgIpc) is 2.38. The molecule has 0 amide bonds. The quantitative estimate of drug-likeness (QED) is 0.788. The predicted molar refractivity (Wildman–Crippen MR) is 72.3 cm³/mol. The van der Waals surface area contributed by atoms with Gasteiger partial charge in [-0.1, -0.05) is 19.1 Å². The minimum Gasteiger partial charge on any atom is -0.387 e. The van der Waals surface area contributed by atoms with Gasteiger partial charge in [-0.05, 0) is 18.6 Å². The molecule has 0 heterocycles. The van der Waals surface area contributed by atoms with Crippen LogP contribution in [-0.4, -0.2) is 35.2 Å². The van der Waals surface area contributed by atoms with Crippen molar-refractivity contribution in [2.45, 2.75) is 24.3 Å². The van der Waals surface area contributed by atoms with Crippen LogP contribution in [0.2, 0.25) is 0 Å². The highest BCUT2D eigenvalue weighted by Crippen LogP contribution is 2.20. The Hall–Kier alpha value is -1.11. The van der Waals surface area contributed by atoms with Crippen molar-refractivity contribution in [1.82, 2.24) is 4.72 Å². The van der Waals surface area contributed by atoms with E-state index in [0.717, 1.165) is 0 Å². The van der Waals surface area contributed by atoms with Gasteiger partial charge >= 0.3 is 0 Å². The summed E-state index contributed by atoms with van der Waals surface area (Å²) in [5.41, 5.74) is 0.581. The van der Waals surface area contributed by atoms with Crippen molar-refractivity contribution in [3.8, 4) is 0 Å². The lowest BCUT2D eigenvalue weighted by Crippen LogP contribution is -2.37. The molecule has 1 aromatic carbocycles. The first-order chi connectivity index (χ1) is 8.55. The molecule has 5 nitrogen and oxygen atoms in total. The summed E-state index contributed by atoms with van der Waals surface area (Å²) in [5, 5.41) is 2.87. The molecule has 102 valence electrons. The Kier molecular flexibility index (Phi) is 5.58. The first-order valence-corrected chi connectivity index (χ1v) is 7.31. The molecule has 6 heteroatoms. The van der Waals surface area contributed by atoms with Crippen LogP contribution in [0, 0.1) is 0 Å². The van der Waals surface area contributed by atoms with Gasteiger partial charge < -0.3 is 10.1 Å². The van der Waals surface area contributed by atoms with Crippen LogP contribution in [0.4, 0.5) is 5.69 Å². The fourth-order valence-electron chi connectivity index (χ4n) is 1.63. The first kappa shape index (κ1) is 14.9. The van der Waals surface area contributed by atoms with Gasteiger partial charge in [0.25, 0.3) is 0 Å². The SMILES string of the molecule is CCC(COC)NS(=O)(=O)c1ccccc1NC. The molecule has 2 N–H and O–H groups in total. The smallest absolute Gasteiger partial charge is 0.242 e. The molecule has 1 unspecified atom stereocenters. The van der Waals surface area contributed by atoms with Crippen LogP contribution >= 0.6 is 0 Å². The zero-order valence-electron chi connectivity index (χ0n) is 10.9. The average molecular weight is 272 g/mol. The van der Waals surface area contributed by atoms with Gasteiger partial charge in [-0.2, -0.15) is 0 Å². The number of benzene rings is 1.